The van der Waals surface area contributed by atoms with Gasteiger partial charge in [0, 0.05) is 24.7 Å². The van der Waals surface area contributed by atoms with Gasteiger partial charge in [-0.25, -0.2) is 4.98 Å². The van der Waals surface area contributed by atoms with E-state index in [1.165, 1.54) is 6.07 Å². The van der Waals surface area contributed by atoms with Crippen LogP contribution >= 0.6 is 0 Å². The molecule has 1 saturated heterocycles. The third-order valence-electron chi connectivity index (χ3n) is 4.50. The lowest BCUT2D eigenvalue weighted by Gasteiger charge is -2.17. The number of fused-ring (bicyclic) bond motifs is 1. The van der Waals surface area contributed by atoms with Gasteiger partial charge in [-0.15, -0.1) is 0 Å². The third-order valence-corrected chi connectivity index (χ3v) is 4.50. The van der Waals surface area contributed by atoms with Crippen molar-refractivity contribution in [2.45, 2.75) is 12.8 Å². The summed E-state index contributed by atoms with van der Waals surface area (Å²) in [5.74, 6) is -0.136. The molecule has 1 aromatic heterocycles. The SMILES string of the molecule is O=C(Nc1nc2ccccc2[nH]1)c1ccc(N2CCCC2)c([N+](=O)[O-])c1. The number of hydrogen-bond acceptors (Lipinski definition) is 5. The second kappa shape index (κ2) is 6.47. The highest BCUT2D eigenvalue weighted by Gasteiger charge is 2.24. The fourth-order valence-electron chi connectivity index (χ4n) is 3.23. The molecule has 0 aliphatic carbocycles. The Morgan fingerprint density at radius 2 is 1.96 bits per heavy atom. The Labute approximate surface area is 149 Å². The Morgan fingerprint density at radius 1 is 1.19 bits per heavy atom. The average Bonchev–Trinajstić information content (AvgIpc) is 3.30. The van der Waals surface area contributed by atoms with E-state index in [0.29, 0.717) is 11.6 Å². The van der Waals surface area contributed by atoms with Crippen LogP contribution in [-0.2, 0) is 0 Å². The van der Waals surface area contributed by atoms with E-state index in [1.54, 1.807) is 12.1 Å². The van der Waals surface area contributed by atoms with Crippen LogP contribution in [-0.4, -0.2) is 33.9 Å². The molecule has 26 heavy (non-hydrogen) atoms. The minimum Gasteiger partial charge on any atom is -0.366 e. The molecule has 0 radical (unpaired) electrons. The maximum absolute atomic E-state index is 12.5. The molecule has 1 aliphatic rings. The maximum atomic E-state index is 12.5. The van der Waals surface area contributed by atoms with Crippen LogP contribution in [0.3, 0.4) is 0 Å². The molecule has 1 aliphatic heterocycles. The van der Waals surface area contributed by atoms with E-state index in [-0.39, 0.29) is 11.3 Å². The van der Waals surface area contributed by atoms with Gasteiger partial charge in [0.1, 0.15) is 5.69 Å². The lowest BCUT2D eigenvalue weighted by atomic mass is 10.1. The number of carbonyl (C=O) groups is 1. The number of imidazole rings is 1. The molecule has 2 heterocycles. The largest absolute Gasteiger partial charge is 0.366 e. The lowest BCUT2D eigenvalue weighted by Crippen LogP contribution is -2.20. The van der Waals surface area contributed by atoms with Crippen LogP contribution in [0.15, 0.2) is 42.5 Å². The number of nitro groups is 1. The number of anilines is 2. The normalized spacial score (nSPS) is 13.9. The number of aromatic nitrogens is 2. The van der Waals surface area contributed by atoms with Gasteiger partial charge in [0.15, 0.2) is 0 Å². The number of nitrogens with one attached hydrogen (secondary N) is 2. The Balaban J connectivity index is 1.60. The number of carbonyl (C=O) groups excluding carboxylic acids is 1. The fourth-order valence-corrected chi connectivity index (χ4v) is 3.23. The second-order valence-corrected chi connectivity index (χ2v) is 6.21. The maximum Gasteiger partial charge on any atom is 0.293 e. The van der Waals surface area contributed by atoms with E-state index in [0.717, 1.165) is 37.0 Å². The first-order valence-corrected chi connectivity index (χ1v) is 8.41. The molecule has 0 bridgehead atoms. The summed E-state index contributed by atoms with van der Waals surface area (Å²) in [7, 11) is 0. The summed E-state index contributed by atoms with van der Waals surface area (Å²) in [6, 6.07) is 12.0. The van der Waals surface area contributed by atoms with Crippen molar-refractivity contribution in [3.05, 3.63) is 58.1 Å². The number of para-hydroxylation sites is 2. The zero-order valence-electron chi connectivity index (χ0n) is 13.9. The molecule has 0 spiro atoms. The highest BCUT2D eigenvalue weighted by Crippen LogP contribution is 2.31. The van der Waals surface area contributed by atoms with E-state index in [4.69, 9.17) is 0 Å². The molecule has 1 amide bonds. The number of nitro benzene ring substituents is 1. The monoisotopic (exact) mass is 351 g/mol. The van der Waals surface area contributed by atoms with Crippen LogP contribution in [0.25, 0.3) is 11.0 Å². The van der Waals surface area contributed by atoms with Crippen LogP contribution in [0.4, 0.5) is 17.3 Å². The summed E-state index contributed by atoms with van der Waals surface area (Å²) < 4.78 is 0. The Bertz CT molecular complexity index is 958. The Morgan fingerprint density at radius 3 is 2.69 bits per heavy atom. The highest BCUT2D eigenvalue weighted by atomic mass is 16.6. The molecule has 8 heteroatoms. The van der Waals surface area contributed by atoms with Crippen molar-refractivity contribution < 1.29 is 9.72 Å². The van der Waals surface area contributed by atoms with Gasteiger partial charge < -0.3 is 9.88 Å². The molecule has 2 N–H and O–H groups in total. The van der Waals surface area contributed by atoms with Gasteiger partial charge in [0.25, 0.3) is 11.6 Å². The quantitative estimate of drug-likeness (QED) is 0.554. The molecule has 0 atom stereocenters. The van der Waals surface area contributed by atoms with Gasteiger partial charge in [0.2, 0.25) is 5.95 Å². The van der Waals surface area contributed by atoms with Crippen molar-refractivity contribution in [3.63, 3.8) is 0 Å². The first kappa shape index (κ1) is 16.1. The number of rotatable bonds is 4. The molecular weight excluding hydrogens is 334 g/mol. The molecule has 0 unspecified atom stereocenters. The number of amides is 1. The average molecular weight is 351 g/mol. The van der Waals surface area contributed by atoms with Crippen molar-refractivity contribution in [2.75, 3.05) is 23.3 Å². The summed E-state index contributed by atoms with van der Waals surface area (Å²) in [5.41, 5.74) is 2.27. The Hall–Kier alpha value is -3.42. The van der Waals surface area contributed by atoms with E-state index in [1.807, 2.05) is 29.2 Å². The predicted octanol–water partition coefficient (Wildman–Crippen LogP) is 3.32. The van der Waals surface area contributed by atoms with E-state index >= 15 is 0 Å². The molecule has 132 valence electrons. The molecule has 3 aromatic rings. The first-order chi connectivity index (χ1) is 12.6. The second-order valence-electron chi connectivity index (χ2n) is 6.21. The minimum atomic E-state index is -0.444. The number of nitrogens with zero attached hydrogens (tertiary/aromatic N) is 3. The summed E-state index contributed by atoms with van der Waals surface area (Å²) >= 11 is 0. The van der Waals surface area contributed by atoms with Gasteiger partial charge in [-0.3, -0.25) is 20.2 Å². The van der Waals surface area contributed by atoms with Crippen LogP contribution < -0.4 is 10.2 Å². The van der Waals surface area contributed by atoms with Gasteiger partial charge >= 0.3 is 0 Å². The van der Waals surface area contributed by atoms with E-state index < -0.39 is 10.8 Å². The zero-order chi connectivity index (χ0) is 18.1. The van der Waals surface area contributed by atoms with Gasteiger partial charge in [0.05, 0.1) is 16.0 Å². The van der Waals surface area contributed by atoms with Gasteiger partial charge in [-0.05, 0) is 37.1 Å². The van der Waals surface area contributed by atoms with Crippen molar-refractivity contribution >= 4 is 34.3 Å². The number of hydrogen-bond donors (Lipinski definition) is 2. The highest BCUT2D eigenvalue weighted by molar-refractivity contribution is 6.04. The molecule has 4 rings (SSSR count). The molecule has 8 nitrogen and oxygen atoms in total. The third kappa shape index (κ3) is 2.97. The van der Waals surface area contributed by atoms with Crippen LogP contribution in [0.5, 0.6) is 0 Å². The number of H-pyrrole nitrogens is 1. The van der Waals surface area contributed by atoms with E-state index in [2.05, 4.69) is 15.3 Å². The van der Waals surface area contributed by atoms with Crippen LogP contribution in [0.1, 0.15) is 23.2 Å². The van der Waals surface area contributed by atoms with Crippen molar-refractivity contribution in [2.24, 2.45) is 0 Å². The first-order valence-electron chi connectivity index (χ1n) is 8.41. The molecule has 0 saturated carbocycles. The molecule has 1 fully saturated rings. The molecule has 2 aromatic carbocycles. The predicted molar refractivity (Wildman–Crippen MR) is 98.6 cm³/mol. The van der Waals surface area contributed by atoms with Crippen LogP contribution in [0, 0.1) is 10.1 Å². The number of benzene rings is 2. The van der Waals surface area contributed by atoms with Gasteiger partial charge in [-0.1, -0.05) is 12.1 Å². The van der Waals surface area contributed by atoms with Gasteiger partial charge in [-0.2, -0.15) is 0 Å². The number of aromatic amines is 1. The Kier molecular flexibility index (Phi) is 4.00. The van der Waals surface area contributed by atoms with Crippen molar-refractivity contribution in [3.8, 4) is 0 Å². The minimum absolute atomic E-state index is 0.0517. The van der Waals surface area contributed by atoms with E-state index in [9.17, 15) is 14.9 Å². The summed E-state index contributed by atoms with van der Waals surface area (Å²) in [4.78, 5) is 32.8. The van der Waals surface area contributed by atoms with Crippen molar-refractivity contribution in [1.82, 2.24) is 9.97 Å². The zero-order valence-corrected chi connectivity index (χ0v) is 13.9. The summed E-state index contributed by atoms with van der Waals surface area (Å²) in [6.07, 6.45) is 2.04. The molecular formula is C18H17N5O3. The standard InChI is InChI=1S/C18H17N5O3/c24-17(21-18-19-13-5-1-2-6-14(13)20-18)12-7-8-15(16(11-12)23(25)26)22-9-3-4-10-22/h1-2,5-8,11H,3-4,9-10H2,(H2,19,20,21,24). The topological polar surface area (TPSA) is 104 Å². The van der Waals surface area contributed by atoms with Crippen molar-refractivity contribution in [1.29, 1.82) is 0 Å². The summed E-state index contributed by atoms with van der Waals surface area (Å²) in [5, 5.41) is 14.1. The van der Waals surface area contributed by atoms with Crippen LogP contribution in [0.2, 0.25) is 0 Å². The lowest BCUT2D eigenvalue weighted by molar-refractivity contribution is -0.384. The smallest absolute Gasteiger partial charge is 0.293 e. The fraction of sp³-hybridized carbons (Fsp3) is 0.222. The summed E-state index contributed by atoms with van der Waals surface area (Å²) in [6.45, 7) is 1.59.